The van der Waals surface area contributed by atoms with E-state index >= 15 is 0 Å². The van der Waals surface area contributed by atoms with Crippen molar-refractivity contribution in [1.82, 2.24) is 4.98 Å². The van der Waals surface area contributed by atoms with Crippen LogP contribution in [0.2, 0.25) is 0 Å². The number of anilines is 1. The molecule has 0 aliphatic carbocycles. The van der Waals surface area contributed by atoms with E-state index in [1.165, 1.54) is 12.1 Å². The number of aromatic nitrogens is 1. The molecule has 1 aromatic heterocycles. The van der Waals surface area contributed by atoms with E-state index in [0.717, 1.165) is 11.1 Å². The number of benzene rings is 2. The van der Waals surface area contributed by atoms with Crippen LogP contribution in [0.3, 0.4) is 0 Å². The van der Waals surface area contributed by atoms with Gasteiger partial charge in [-0.2, -0.15) is 0 Å². The van der Waals surface area contributed by atoms with Gasteiger partial charge in [-0.05, 0) is 30.2 Å². The molecule has 0 fully saturated rings. The van der Waals surface area contributed by atoms with E-state index in [1.54, 1.807) is 12.1 Å². The van der Waals surface area contributed by atoms with Crippen molar-refractivity contribution < 1.29 is 24.5 Å². The van der Waals surface area contributed by atoms with Gasteiger partial charge < -0.3 is 25.7 Å². The third-order valence-corrected chi connectivity index (χ3v) is 4.34. The van der Waals surface area contributed by atoms with Crippen LogP contribution in [0.25, 0.3) is 11.1 Å². The summed E-state index contributed by atoms with van der Waals surface area (Å²) in [5, 5.41) is 18.9. The van der Waals surface area contributed by atoms with Crippen LogP contribution in [0, 0.1) is 6.92 Å². The van der Waals surface area contributed by atoms with Gasteiger partial charge in [-0.3, -0.25) is 4.79 Å². The first-order valence-corrected chi connectivity index (χ1v) is 8.59. The molecule has 8 nitrogen and oxygen atoms in total. The molecule has 0 unspecified atom stereocenters. The van der Waals surface area contributed by atoms with E-state index in [-0.39, 0.29) is 11.1 Å². The fourth-order valence-corrected chi connectivity index (χ4v) is 2.90. The normalized spacial score (nSPS) is 10.5. The first-order chi connectivity index (χ1) is 13.8. The van der Waals surface area contributed by atoms with Crippen LogP contribution in [0.15, 0.2) is 53.3 Å². The van der Waals surface area contributed by atoms with Crippen molar-refractivity contribution in [3.8, 4) is 16.9 Å². The maximum absolute atomic E-state index is 12.1. The molecule has 29 heavy (non-hydrogen) atoms. The number of carbonyl (C=O) groups is 2. The second-order valence-corrected chi connectivity index (χ2v) is 6.40. The number of pyridine rings is 1. The number of nitrogen functional groups attached to an aromatic ring is 1. The summed E-state index contributed by atoms with van der Waals surface area (Å²) in [4.78, 5) is 37.3. The topological polar surface area (TPSA) is 143 Å². The van der Waals surface area contributed by atoms with E-state index in [4.69, 9.17) is 10.5 Å². The van der Waals surface area contributed by atoms with Gasteiger partial charge in [-0.1, -0.05) is 42.0 Å². The second kappa shape index (κ2) is 7.89. The maximum atomic E-state index is 12.1. The average Bonchev–Trinajstić information content (AvgIpc) is 2.66. The van der Waals surface area contributed by atoms with Gasteiger partial charge in [0.25, 0.3) is 5.56 Å². The fourth-order valence-electron chi connectivity index (χ4n) is 2.90. The van der Waals surface area contributed by atoms with Gasteiger partial charge in [0.05, 0.1) is 0 Å². The number of nitrogens with one attached hydrogen (secondary N) is 1. The van der Waals surface area contributed by atoms with Gasteiger partial charge >= 0.3 is 11.9 Å². The first-order valence-electron chi connectivity index (χ1n) is 8.59. The summed E-state index contributed by atoms with van der Waals surface area (Å²) in [5.41, 5.74) is 5.57. The summed E-state index contributed by atoms with van der Waals surface area (Å²) in [7, 11) is 0. The molecule has 0 saturated heterocycles. The van der Waals surface area contributed by atoms with Gasteiger partial charge in [0.15, 0.2) is 0 Å². The van der Waals surface area contributed by atoms with Crippen molar-refractivity contribution in [2.45, 2.75) is 13.5 Å². The number of hydrogen-bond acceptors (Lipinski definition) is 5. The lowest BCUT2D eigenvalue weighted by molar-refractivity contribution is 0.0695. The molecule has 0 saturated carbocycles. The maximum Gasteiger partial charge on any atom is 0.342 e. The van der Waals surface area contributed by atoms with Crippen molar-refractivity contribution in [2.24, 2.45) is 0 Å². The van der Waals surface area contributed by atoms with Crippen molar-refractivity contribution in [3.05, 3.63) is 81.1 Å². The minimum absolute atomic E-state index is 0.222. The molecule has 0 bridgehead atoms. The summed E-state index contributed by atoms with van der Waals surface area (Å²) < 4.78 is 5.70. The molecule has 0 aliphatic heterocycles. The summed E-state index contributed by atoms with van der Waals surface area (Å²) in [6, 6.07) is 13.9. The molecule has 2 aromatic carbocycles. The third-order valence-electron chi connectivity index (χ3n) is 4.34. The highest BCUT2D eigenvalue weighted by Crippen LogP contribution is 2.30. The van der Waals surface area contributed by atoms with Gasteiger partial charge in [-0.15, -0.1) is 0 Å². The van der Waals surface area contributed by atoms with Gasteiger partial charge in [0.1, 0.15) is 29.3 Å². The Labute approximate surface area is 165 Å². The monoisotopic (exact) mass is 394 g/mol. The molecule has 3 rings (SSSR count). The van der Waals surface area contributed by atoms with E-state index in [1.807, 2.05) is 31.2 Å². The first kappa shape index (κ1) is 19.7. The Kier molecular flexibility index (Phi) is 5.36. The molecule has 0 radical (unpaired) electrons. The Morgan fingerprint density at radius 1 is 0.966 bits per heavy atom. The van der Waals surface area contributed by atoms with Crippen molar-refractivity contribution in [3.63, 3.8) is 0 Å². The van der Waals surface area contributed by atoms with Gasteiger partial charge in [0.2, 0.25) is 0 Å². The van der Waals surface area contributed by atoms with E-state index in [9.17, 15) is 24.6 Å². The quantitative estimate of drug-likeness (QED) is 0.503. The lowest BCUT2D eigenvalue weighted by atomic mass is 9.95. The Morgan fingerprint density at radius 2 is 1.55 bits per heavy atom. The number of carboxylic acid groups (broad SMARTS) is 2. The summed E-state index contributed by atoms with van der Waals surface area (Å²) in [5.74, 6) is -2.91. The largest absolute Gasteiger partial charge is 0.489 e. The number of aromatic carboxylic acids is 2. The Hall–Kier alpha value is -4.07. The lowest BCUT2D eigenvalue weighted by Crippen LogP contribution is -2.24. The number of nitrogens with two attached hydrogens (primary N) is 1. The Morgan fingerprint density at radius 3 is 2.10 bits per heavy atom. The number of aryl methyl sites for hydroxylation is 1. The van der Waals surface area contributed by atoms with Gasteiger partial charge in [-0.25, -0.2) is 9.59 Å². The molecule has 5 N–H and O–H groups in total. The molecule has 0 spiro atoms. The number of ether oxygens (including phenoxy) is 1. The minimum Gasteiger partial charge on any atom is -0.489 e. The minimum atomic E-state index is -1.55. The number of aromatic amines is 1. The predicted octanol–water partition coefficient (Wildman–Crippen LogP) is 2.91. The van der Waals surface area contributed by atoms with Crippen molar-refractivity contribution >= 4 is 17.8 Å². The molecular formula is C21H18N2O6. The van der Waals surface area contributed by atoms with Crippen LogP contribution in [0.4, 0.5) is 5.82 Å². The molecule has 3 aromatic rings. The highest BCUT2D eigenvalue weighted by Gasteiger charge is 2.26. The number of hydrogen-bond donors (Lipinski definition) is 4. The Bertz CT molecular complexity index is 1130. The zero-order chi connectivity index (χ0) is 21.1. The second-order valence-electron chi connectivity index (χ2n) is 6.40. The van der Waals surface area contributed by atoms with Crippen LogP contribution in [0.1, 0.15) is 31.8 Å². The lowest BCUT2D eigenvalue weighted by Gasteiger charge is -2.13. The zero-order valence-electron chi connectivity index (χ0n) is 15.4. The number of H-pyrrole nitrogens is 1. The molecule has 1 heterocycles. The Balaban J connectivity index is 1.97. The van der Waals surface area contributed by atoms with Crippen LogP contribution in [-0.4, -0.2) is 27.1 Å². The number of carboxylic acids is 2. The van der Waals surface area contributed by atoms with Crippen LogP contribution in [-0.2, 0) is 6.61 Å². The highest BCUT2D eigenvalue weighted by molar-refractivity contribution is 6.07. The smallest absolute Gasteiger partial charge is 0.342 e. The van der Waals surface area contributed by atoms with E-state index < -0.39 is 34.4 Å². The van der Waals surface area contributed by atoms with Gasteiger partial charge in [0, 0.05) is 5.56 Å². The molecule has 0 amide bonds. The van der Waals surface area contributed by atoms with E-state index in [2.05, 4.69) is 4.98 Å². The SMILES string of the molecule is Cc1ccc(COc2ccc(-c3c(C(=O)O)c(N)[nH]c(=O)c3C(=O)O)cc2)cc1. The standard InChI is InChI=1S/C21H18N2O6/c1-11-2-4-12(5-3-11)10-29-14-8-6-13(7-9-14)15-16(20(25)26)18(22)23-19(24)17(15)21(27)28/h2-9H,10H2,1H3,(H,25,26)(H,27,28)(H3,22,23,24). The van der Waals surface area contributed by atoms with Crippen LogP contribution in [0.5, 0.6) is 5.75 Å². The molecule has 0 atom stereocenters. The summed E-state index contributed by atoms with van der Waals surface area (Å²) >= 11 is 0. The zero-order valence-corrected chi connectivity index (χ0v) is 15.4. The molecule has 148 valence electrons. The van der Waals surface area contributed by atoms with Crippen molar-refractivity contribution in [1.29, 1.82) is 0 Å². The van der Waals surface area contributed by atoms with Crippen LogP contribution >= 0.6 is 0 Å². The fraction of sp³-hybridized carbons (Fsp3) is 0.0952. The highest BCUT2D eigenvalue weighted by atomic mass is 16.5. The number of rotatable bonds is 6. The summed E-state index contributed by atoms with van der Waals surface area (Å²) in [6.45, 7) is 2.32. The molecular weight excluding hydrogens is 376 g/mol. The van der Waals surface area contributed by atoms with Crippen molar-refractivity contribution in [2.75, 3.05) is 5.73 Å². The van der Waals surface area contributed by atoms with Crippen LogP contribution < -0.4 is 16.0 Å². The predicted molar refractivity (Wildman–Crippen MR) is 106 cm³/mol. The average molecular weight is 394 g/mol. The van der Waals surface area contributed by atoms with E-state index in [0.29, 0.717) is 12.4 Å². The summed E-state index contributed by atoms with van der Waals surface area (Å²) in [6.07, 6.45) is 0. The molecule has 0 aliphatic rings. The molecule has 8 heteroatoms. The third kappa shape index (κ3) is 4.11.